The van der Waals surface area contributed by atoms with Crippen molar-refractivity contribution in [1.82, 2.24) is 20.1 Å². The summed E-state index contributed by atoms with van der Waals surface area (Å²) in [5.74, 6) is 0. The van der Waals surface area contributed by atoms with Gasteiger partial charge in [0.25, 0.3) is 0 Å². The molecule has 1 aromatic rings. The number of likely N-dealkylation sites (N-methyl/N-ethyl adjacent to an activating group) is 2. The van der Waals surface area contributed by atoms with Crippen LogP contribution in [0, 0.1) is 0 Å². The zero-order valence-electron chi connectivity index (χ0n) is 11.6. The molecule has 0 aromatic carbocycles. The topological polar surface area (TPSA) is 31.4 Å². The molecule has 0 spiro atoms. The van der Waals surface area contributed by atoms with Gasteiger partial charge in [0.1, 0.15) is 0 Å². The highest BCUT2D eigenvalue weighted by molar-refractivity contribution is 5.10. The van der Waals surface area contributed by atoms with Gasteiger partial charge in [-0.25, -0.2) is 0 Å². The first-order valence-electron chi connectivity index (χ1n) is 6.68. The zero-order chi connectivity index (χ0) is 13.0. The average molecular weight is 248 g/mol. The largest absolute Gasteiger partial charge is 0.318 e. The molecule has 0 aliphatic carbocycles. The third-order valence-electron chi connectivity index (χ3n) is 3.84. The highest BCUT2D eigenvalue weighted by Gasteiger charge is 2.28. The Morgan fingerprint density at radius 2 is 2.06 bits per heavy atom. The van der Waals surface area contributed by atoms with Crippen LogP contribution in [0.25, 0.3) is 0 Å². The van der Waals surface area contributed by atoms with Crippen molar-refractivity contribution in [1.29, 1.82) is 0 Å². The van der Waals surface area contributed by atoms with Crippen LogP contribution in [0.5, 0.6) is 0 Å². The first-order valence-corrected chi connectivity index (χ1v) is 6.68. The van der Waals surface area contributed by atoms with Gasteiger partial charge in [0, 0.05) is 50.7 Å². The van der Waals surface area contributed by atoms with Crippen LogP contribution in [0.4, 0.5) is 0 Å². The molecule has 4 nitrogen and oxygen atoms in total. The summed E-state index contributed by atoms with van der Waals surface area (Å²) in [6.45, 7) is 6.63. The number of aromatic nitrogens is 1. The van der Waals surface area contributed by atoms with Gasteiger partial charge in [-0.3, -0.25) is 9.88 Å². The summed E-state index contributed by atoms with van der Waals surface area (Å²) in [5.41, 5.74) is 1.35. The van der Waals surface area contributed by atoms with E-state index >= 15 is 0 Å². The molecule has 0 radical (unpaired) electrons. The lowest BCUT2D eigenvalue weighted by Gasteiger charge is -2.44. The highest BCUT2D eigenvalue weighted by atomic mass is 15.3. The maximum Gasteiger partial charge on any atom is 0.0351 e. The molecule has 18 heavy (non-hydrogen) atoms. The summed E-state index contributed by atoms with van der Waals surface area (Å²) in [5, 5.41) is 3.31. The molecule has 100 valence electrons. The second kappa shape index (κ2) is 6.27. The quantitative estimate of drug-likeness (QED) is 0.854. The molecule has 1 fully saturated rings. The fraction of sp³-hybridized carbons (Fsp3) is 0.643. The van der Waals surface area contributed by atoms with Crippen molar-refractivity contribution in [3.05, 3.63) is 30.1 Å². The predicted octanol–water partition coefficient (Wildman–Crippen LogP) is 0.805. The van der Waals surface area contributed by atoms with E-state index in [-0.39, 0.29) is 0 Å². The van der Waals surface area contributed by atoms with E-state index in [1.165, 1.54) is 5.56 Å². The van der Waals surface area contributed by atoms with Crippen LogP contribution >= 0.6 is 0 Å². The maximum absolute atomic E-state index is 4.08. The molecule has 4 heteroatoms. The Bertz CT molecular complexity index is 354. The Kier molecular flexibility index (Phi) is 4.69. The summed E-state index contributed by atoms with van der Waals surface area (Å²) >= 11 is 0. The number of rotatable bonds is 4. The molecule has 0 amide bonds. The Labute approximate surface area is 110 Å². The van der Waals surface area contributed by atoms with Gasteiger partial charge in [0.15, 0.2) is 0 Å². The Morgan fingerprint density at radius 3 is 2.72 bits per heavy atom. The van der Waals surface area contributed by atoms with E-state index in [4.69, 9.17) is 0 Å². The Morgan fingerprint density at radius 1 is 1.33 bits per heavy atom. The van der Waals surface area contributed by atoms with Gasteiger partial charge in [-0.1, -0.05) is 0 Å². The second-order valence-electron chi connectivity index (χ2n) is 5.29. The van der Waals surface area contributed by atoms with Gasteiger partial charge in [-0.05, 0) is 38.7 Å². The maximum atomic E-state index is 4.08. The minimum absolute atomic E-state index is 0.587. The monoisotopic (exact) mass is 248 g/mol. The first kappa shape index (κ1) is 13.5. The summed E-state index contributed by atoms with van der Waals surface area (Å²) in [6, 6.07) is 5.43. The normalized spacial score (nSPS) is 26.4. The summed E-state index contributed by atoms with van der Waals surface area (Å²) in [4.78, 5) is 9.11. The molecule has 0 bridgehead atoms. The van der Waals surface area contributed by atoms with E-state index in [9.17, 15) is 0 Å². The van der Waals surface area contributed by atoms with Crippen LogP contribution in [-0.4, -0.2) is 60.6 Å². The fourth-order valence-electron chi connectivity index (χ4n) is 2.60. The van der Waals surface area contributed by atoms with Crippen LogP contribution in [0.2, 0.25) is 0 Å². The molecule has 1 N–H and O–H groups in total. The third kappa shape index (κ3) is 3.28. The molecular formula is C14H24N4. The molecule has 2 atom stereocenters. The van der Waals surface area contributed by atoms with Crippen LogP contribution < -0.4 is 5.32 Å². The Hall–Kier alpha value is -0.970. The van der Waals surface area contributed by atoms with Crippen LogP contribution in [0.1, 0.15) is 12.5 Å². The number of hydrogen-bond acceptors (Lipinski definition) is 4. The highest BCUT2D eigenvalue weighted by Crippen LogP contribution is 2.16. The molecule has 1 aromatic heterocycles. The number of nitrogens with zero attached hydrogens (tertiary/aromatic N) is 3. The van der Waals surface area contributed by atoms with E-state index < -0.39 is 0 Å². The van der Waals surface area contributed by atoms with Gasteiger partial charge in [0.2, 0.25) is 0 Å². The lowest BCUT2D eigenvalue weighted by molar-refractivity contribution is 0.0468. The van der Waals surface area contributed by atoms with Crippen molar-refractivity contribution in [2.45, 2.75) is 25.6 Å². The van der Waals surface area contributed by atoms with Gasteiger partial charge < -0.3 is 10.2 Å². The molecule has 2 rings (SSSR count). The summed E-state index contributed by atoms with van der Waals surface area (Å²) < 4.78 is 0. The fourth-order valence-corrected chi connectivity index (χ4v) is 2.60. The van der Waals surface area contributed by atoms with Gasteiger partial charge in [0.05, 0.1) is 0 Å². The minimum atomic E-state index is 0.587. The second-order valence-corrected chi connectivity index (χ2v) is 5.29. The molecule has 1 saturated heterocycles. The lowest BCUT2D eigenvalue weighted by atomic mass is 10.1. The van der Waals surface area contributed by atoms with E-state index in [0.717, 1.165) is 26.2 Å². The molecule has 2 unspecified atom stereocenters. The first-order chi connectivity index (χ1) is 8.70. The van der Waals surface area contributed by atoms with Crippen LogP contribution in [0.15, 0.2) is 24.5 Å². The third-order valence-corrected chi connectivity index (χ3v) is 3.84. The molecule has 0 saturated carbocycles. The standard InChI is InChI=1S/C14H24N4/c1-12-9-18(10-13-4-6-16-7-5-13)14(8-15-2)11-17(12)3/h4-7,12,14-15H,8-11H2,1-3H3. The van der Waals surface area contributed by atoms with Crippen LogP contribution in [-0.2, 0) is 6.54 Å². The van der Waals surface area contributed by atoms with Crippen molar-refractivity contribution >= 4 is 0 Å². The van der Waals surface area contributed by atoms with E-state index in [2.05, 4.69) is 46.2 Å². The smallest absolute Gasteiger partial charge is 0.0351 e. The number of hydrogen-bond donors (Lipinski definition) is 1. The minimum Gasteiger partial charge on any atom is -0.318 e. The van der Waals surface area contributed by atoms with E-state index in [0.29, 0.717) is 12.1 Å². The number of nitrogens with one attached hydrogen (secondary N) is 1. The van der Waals surface area contributed by atoms with Crippen molar-refractivity contribution < 1.29 is 0 Å². The summed E-state index contributed by atoms with van der Waals surface area (Å²) in [7, 11) is 4.25. The SMILES string of the molecule is CNCC1CN(C)C(C)CN1Cc1ccncc1. The molecule has 1 aliphatic heterocycles. The lowest BCUT2D eigenvalue weighted by Crippen LogP contribution is -2.58. The van der Waals surface area contributed by atoms with Crippen LogP contribution in [0.3, 0.4) is 0 Å². The molecular weight excluding hydrogens is 224 g/mol. The van der Waals surface area contributed by atoms with Crippen molar-refractivity contribution in [3.63, 3.8) is 0 Å². The molecule has 1 aliphatic rings. The van der Waals surface area contributed by atoms with Gasteiger partial charge in [-0.2, -0.15) is 0 Å². The molecule has 2 heterocycles. The predicted molar refractivity (Wildman–Crippen MR) is 74.5 cm³/mol. The van der Waals surface area contributed by atoms with Crippen molar-refractivity contribution in [2.24, 2.45) is 0 Å². The van der Waals surface area contributed by atoms with Gasteiger partial charge in [-0.15, -0.1) is 0 Å². The number of piperazine rings is 1. The summed E-state index contributed by atoms with van der Waals surface area (Å²) in [6.07, 6.45) is 3.75. The van der Waals surface area contributed by atoms with E-state index in [1.807, 2.05) is 19.4 Å². The number of pyridine rings is 1. The zero-order valence-corrected chi connectivity index (χ0v) is 11.6. The van der Waals surface area contributed by atoms with Gasteiger partial charge >= 0.3 is 0 Å². The van der Waals surface area contributed by atoms with Crippen molar-refractivity contribution in [2.75, 3.05) is 33.7 Å². The van der Waals surface area contributed by atoms with E-state index in [1.54, 1.807) is 0 Å². The Balaban J connectivity index is 2.03. The average Bonchev–Trinajstić information content (AvgIpc) is 2.37. The van der Waals surface area contributed by atoms with Crippen molar-refractivity contribution in [3.8, 4) is 0 Å².